The first-order valence-corrected chi connectivity index (χ1v) is 20.0. The fourth-order valence-electron chi connectivity index (χ4n) is 5.96. The number of carboxylic acid groups (broad SMARTS) is 1. The Hall–Kier alpha value is -1.84. The number of carbonyl (C=O) groups excluding carboxylic acids is 1. The molecular formula is C42H76O4. The largest absolute Gasteiger partial charge is 0.481 e. The zero-order valence-electron chi connectivity index (χ0n) is 30.6. The molecule has 0 heterocycles. The third kappa shape index (κ3) is 36.6. The molecule has 0 radical (unpaired) electrons. The molecule has 1 unspecified atom stereocenters. The van der Waals surface area contributed by atoms with Crippen molar-refractivity contribution in [3.05, 3.63) is 36.5 Å². The van der Waals surface area contributed by atoms with E-state index in [9.17, 15) is 9.59 Å². The van der Waals surface area contributed by atoms with E-state index < -0.39 is 5.97 Å². The molecule has 0 saturated carbocycles. The number of carboxylic acids is 1. The van der Waals surface area contributed by atoms with Gasteiger partial charge in [0.2, 0.25) is 0 Å². The second-order valence-corrected chi connectivity index (χ2v) is 13.4. The zero-order valence-corrected chi connectivity index (χ0v) is 30.6. The van der Waals surface area contributed by atoms with Crippen LogP contribution in [0.25, 0.3) is 0 Å². The molecule has 0 aromatic carbocycles. The number of hydrogen-bond donors (Lipinski definition) is 1. The van der Waals surface area contributed by atoms with Crippen molar-refractivity contribution in [2.45, 2.75) is 219 Å². The lowest BCUT2D eigenvalue weighted by Crippen LogP contribution is -2.18. The van der Waals surface area contributed by atoms with Gasteiger partial charge in [-0.05, 0) is 70.6 Å². The molecule has 4 nitrogen and oxygen atoms in total. The lowest BCUT2D eigenvalue weighted by molar-refractivity contribution is -0.150. The van der Waals surface area contributed by atoms with Crippen LogP contribution in [0.15, 0.2) is 36.5 Å². The van der Waals surface area contributed by atoms with Gasteiger partial charge in [-0.25, -0.2) is 0 Å². The van der Waals surface area contributed by atoms with Gasteiger partial charge in [-0.3, -0.25) is 9.59 Å². The summed E-state index contributed by atoms with van der Waals surface area (Å²) in [6.45, 7) is 4.44. The summed E-state index contributed by atoms with van der Waals surface area (Å²) in [5.74, 6) is -0.669. The molecule has 0 bridgehead atoms. The molecule has 0 spiro atoms. The number of allylic oxidation sites excluding steroid dienone is 6. The monoisotopic (exact) mass is 645 g/mol. The first kappa shape index (κ1) is 44.2. The molecule has 46 heavy (non-hydrogen) atoms. The molecule has 1 N–H and O–H groups in total. The van der Waals surface area contributed by atoms with Gasteiger partial charge >= 0.3 is 11.9 Å². The van der Waals surface area contributed by atoms with E-state index in [2.05, 4.69) is 50.3 Å². The van der Waals surface area contributed by atoms with Gasteiger partial charge in [-0.1, -0.05) is 166 Å². The molecule has 0 aromatic heterocycles. The molecule has 0 fully saturated rings. The minimum atomic E-state index is -0.683. The van der Waals surface area contributed by atoms with E-state index >= 15 is 0 Å². The van der Waals surface area contributed by atoms with Crippen LogP contribution in [-0.2, 0) is 14.3 Å². The SMILES string of the molecule is CC/C=C\C/C=C\C/C=C\CCCCCCCC(=O)OC(CCCCCCCCCCCC)CCCCCCCCCCC(=O)O. The Morgan fingerprint density at radius 3 is 1.41 bits per heavy atom. The number of ether oxygens (including phenoxy) is 1. The topological polar surface area (TPSA) is 63.6 Å². The fourth-order valence-corrected chi connectivity index (χ4v) is 5.96. The highest BCUT2D eigenvalue weighted by atomic mass is 16.5. The maximum absolute atomic E-state index is 12.7. The third-order valence-electron chi connectivity index (χ3n) is 8.88. The van der Waals surface area contributed by atoms with Gasteiger partial charge in [-0.15, -0.1) is 0 Å². The van der Waals surface area contributed by atoms with Gasteiger partial charge in [-0.2, -0.15) is 0 Å². The zero-order chi connectivity index (χ0) is 33.6. The molecule has 0 aliphatic rings. The Bertz CT molecular complexity index is 738. The highest BCUT2D eigenvalue weighted by Crippen LogP contribution is 2.19. The minimum Gasteiger partial charge on any atom is -0.481 e. The van der Waals surface area contributed by atoms with Gasteiger partial charge in [0.15, 0.2) is 0 Å². The summed E-state index contributed by atoms with van der Waals surface area (Å²) >= 11 is 0. The smallest absolute Gasteiger partial charge is 0.306 e. The average molecular weight is 645 g/mol. The Morgan fingerprint density at radius 2 is 0.913 bits per heavy atom. The summed E-state index contributed by atoms with van der Waals surface area (Å²) in [4.78, 5) is 23.3. The highest BCUT2D eigenvalue weighted by molar-refractivity contribution is 5.69. The van der Waals surface area contributed by atoms with E-state index in [1.807, 2.05) is 0 Å². The van der Waals surface area contributed by atoms with Crippen LogP contribution in [0.5, 0.6) is 0 Å². The molecule has 0 aliphatic carbocycles. The first-order chi connectivity index (χ1) is 22.6. The summed E-state index contributed by atoms with van der Waals surface area (Å²) in [6.07, 6.45) is 48.8. The van der Waals surface area contributed by atoms with E-state index in [0.29, 0.717) is 12.8 Å². The van der Waals surface area contributed by atoms with Crippen molar-refractivity contribution in [1.29, 1.82) is 0 Å². The van der Waals surface area contributed by atoms with Crippen molar-refractivity contribution < 1.29 is 19.4 Å². The van der Waals surface area contributed by atoms with Crippen LogP contribution in [0.4, 0.5) is 0 Å². The van der Waals surface area contributed by atoms with E-state index in [0.717, 1.165) is 77.0 Å². The third-order valence-corrected chi connectivity index (χ3v) is 8.88. The van der Waals surface area contributed by atoms with Crippen LogP contribution in [-0.4, -0.2) is 23.1 Å². The van der Waals surface area contributed by atoms with Crippen molar-refractivity contribution in [3.8, 4) is 0 Å². The fraction of sp³-hybridized carbons (Fsp3) is 0.810. The van der Waals surface area contributed by atoms with Gasteiger partial charge in [0.05, 0.1) is 0 Å². The average Bonchev–Trinajstić information content (AvgIpc) is 3.04. The molecule has 1 atom stereocenters. The van der Waals surface area contributed by atoms with Crippen molar-refractivity contribution in [2.75, 3.05) is 0 Å². The standard InChI is InChI=1S/C42H76O4/c1-3-5-7-9-11-13-15-16-17-18-19-21-27-31-35-39-42(45)46-40(36-32-28-24-20-14-12-10-8-6-4-2)37-33-29-25-22-23-26-30-34-38-41(43)44/h5,7,11,13,16-17,40H,3-4,6,8-10,12,14-15,18-39H2,1-2H3,(H,43,44)/b7-5-,13-11-,17-16-. The van der Waals surface area contributed by atoms with Crippen LogP contribution in [0, 0.1) is 0 Å². The van der Waals surface area contributed by atoms with E-state index in [1.165, 1.54) is 109 Å². The van der Waals surface area contributed by atoms with Crippen LogP contribution < -0.4 is 0 Å². The van der Waals surface area contributed by atoms with Crippen LogP contribution in [0.2, 0.25) is 0 Å². The number of esters is 1. The lowest BCUT2D eigenvalue weighted by atomic mass is 10.0. The van der Waals surface area contributed by atoms with Gasteiger partial charge in [0.25, 0.3) is 0 Å². The number of unbranched alkanes of at least 4 members (excludes halogenated alkanes) is 21. The van der Waals surface area contributed by atoms with Crippen LogP contribution >= 0.6 is 0 Å². The molecule has 0 saturated heterocycles. The van der Waals surface area contributed by atoms with Gasteiger partial charge in [0.1, 0.15) is 6.10 Å². The van der Waals surface area contributed by atoms with Gasteiger partial charge < -0.3 is 9.84 Å². The molecule has 4 heteroatoms. The first-order valence-electron chi connectivity index (χ1n) is 20.0. The van der Waals surface area contributed by atoms with Crippen LogP contribution in [0.3, 0.4) is 0 Å². The molecule has 0 aliphatic heterocycles. The van der Waals surface area contributed by atoms with E-state index in [-0.39, 0.29) is 12.1 Å². The second kappa shape index (κ2) is 37.6. The normalized spacial score (nSPS) is 12.6. The summed E-state index contributed by atoms with van der Waals surface area (Å²) in [7, 11) is 0. The Morgan fingerprint density at radius 1 is 0.500 bits per heavy atom. The van der Waals surface area contributed by atoms with Crippen LogP contribution in [0.1, 0.15) is 213 Å². The summed E-state index contributed by atoms with van der Waals surface area (Å²) in [5, 5.41) is 8.75. The number of aliphatic carboxylic acids is 1. The van der Waals surface area contributed by atoms with E-state index in [4.69, 9.17) is 9.84 Å². The predicted molar refractivity (Wildman–Crippen MR) is 199 cm³/mol. The molecule has 0 rings (SSSR count). The second-order valence-electron chi connectivity index (χ2n) is 13.4. The maximum atomic E-state index is 12.7. The summed E-state index contributed by atoms with van der Waals surface area (Å²) in [5.41, 5.74) is 0. The molecular weight excluding hydrogens is 568 g/mol. The highest BCUT2D eigenvalue weighted by Gasteiger charge is 2.14. The maximum Gasteiger partial charge on any atom is 0.306 e. The Balaban J connectivity index is 4.11. The number of carbonyl (C=O) groups is 2. The van der Waals surface area contributed by atoms with Gasteiger partial charge in [0, 0.05) is 12.8 Å². The van der Waals surface area contributed by atoms with Crippen molar-refractivity contribution >= 4 is 11.9 Å². The minimum absolute atomic E-state index is 0.0135. The molecule has 0 amide bonds. The Labute approximate surface area is 286 Å². The molecule has 268 valence electrons. The quantitative estimate of drug-likeness (QED) is 0.0419. The Kier molecular flexibility index (Phi) is 36.1. The van der Waals surface area contributed by atoms with Crippen molar-refractivity contribution in [3.63, 3.8) is 0 Å². The summed E-state index contributed by atoms with van der Waals surface area (Å²) in [6, 6.07) is 0. The summed E-state index contributed by atoms with van der Waals surface area (Å²) < 4.78 is 6.04. The number of hydrogen-bond acceptors (Lipinski definition) is 3. The van der Waals surface area contributed by atoms with Crippen molar-refractivity contribution in [1.82, 2.24) is 0 Å². The number of rotatable bonds is 36. The molecule has 0 aromatic rings. The van der Waals surface area contributed by atoms with Crippen molar-refractivity contribution in [2.24, 2.45) is 0 Å². The van der Waals surface area contributed by atoms with E-state index in [1.54, 1.807) is 0 Å². The lowest BCUT2D eigenvalue weighted by Gasteiger charge is -2.18. The predicted octanol–water partition coefficient (Wildman–Crippen LogP) is 13.8.